The Bertz CT molecular complexity index is 508. The van der Waals surface area contributed by atoms with Crippen LogP contribution in [0.15, 0.2) is 12.2 Å². The van der Waals surface area contributed by atoms with Crippen LogP contribution in [0.3, 0.4) is 0 Å². The molecular formula is C34H67NO3. The number of amides is 1. The van der Waals surface area contributed by atoms with Gasteiger partial charge in [0.05, 0.1) is 18.8 Å². The van der Waals surface area contributed by atoms with Gasteiger partial charge in [-0.1, -0.05) is 167 Å². The van der Waals surface area contributed by atoms with Crippen LogP contribution in [-0.4, -0.2) is 34.9 Å². The summed E-state index contributed by atoms with van der Waals surface area (Å²) in [5.74, 6) is -0.0666. The van der Waals surface area contributed by atoms with Gasteiger partial charge in [0.2, 0.25) is 5.91 Å². The molecule has 0 aromatic rings. The maximum Gasteiger partial charge on any atom is 0.220 e. The molecule has 0 aromatic carbocycles. The highest BCUT2D eigenvalue weighted by atomic mass is 16.3. The topological polar surface area (TPSA) is 69.6 Å². The first kappa shape index (κ1) is 37.1. The Morgan fingerprint density at radius 2 is 0.974 bits per heavy atom. The van der Waals surface area contributed by atoms with E-state index in [1.807, 2.05) is 6.08 Å². The highest BCUT2D eigenvalue weighted by molar-refractivity contribution is 5.76. The monoisotopic (exact) mass is 538 g/mol. The molecule has 2 unspecified atom stereocenters. The van der Waals surface area contributed by atoms with E-state index < -0.39 is 12.1 Å². The Hall–Kier alpha value is -0.870. The molecule has 0 aliphatic rings. The summed E-state index contributed by atoms with van der Waals surface area (Å²) >= 11 is 0. The fraction of sp³-hybridized carbons (Fsp3) is 0.912. The van der Waals surface area contributed by atoms with Gasteiger partial charge in [-0.05, 0) is 19.3 Å². The first-order valence-electron chi connectivity index (χ1n) is 16.9. The maximum absolute atomic E-state index is 12.2. The van der Waals surface area contributed by atoms with Gasteiger partial charge in [0.25, 0.3) is 0 Å². The summed E-state index contributed by atoms with van der Waals surface area (Å²) in [6, 6.07) is -0.612. The predicted molar refractivity (Wildman–Crippen MR) is 166 cm³/mol. The van der Waals surface area contributed by atoms with Crippen LogP contribution in [0.5, 0.6) is 0 Å². The summed E-state index contributed by atoms with van der Waals surface area (Å²) in [7, 11) is 0. The number of carbonyl (C=O) groups is 1. The molecule has 4 heteroatoms. The van der Waals surface area contributed by atoms with Gasteiger partial charge in [0.15, 0.2) is 0 Å². The molecule has 0 aliphatic heterocycles. The van der Waals surface area contributed by atoms with E-state index in [1.165, 1.54) is 135 Å². The molecule has 0 spiro atoms. The number of aliphatic hydroxyl groups excluding tert-OH is 2. The number of rotatable bonds is 30. The smallest absolute Gasteiger partial charge is 0.220 e. The number of nitrogens with one attached hydrogen (secondary N) is 1. The van der Waals surface area contributed by atoms with Gasteiger partial charge < -0.3 is 15.5 Å². The Kier molecular flexibility index (Phi) is 30.0. The second-order valence-electron chi connectivity index (χ2n) is 11.6. The minimum Gasteiger partial charge on any atom is -0.394 e. The molecule has 226 valence electrons. The molecule has 0 radical (unpaired) electrons. The third kappa shape index (κ3) is 26.7. The van der Waals surface area contributed by atoms with E-state index in [0.717, 1.165) is 25.7 Å². The molecular weight excluding hydrogens is 470 g/mol. The van der Waals surface area contributed by atoms with Crippen molar-refractivity contribution in [1.29, 1.82) is 0 Å². The summed E-state index contributed by atoms with van der Waals surface area (Å²) in [6.45, 7) is 4.25. The molecule has 3 N–H and O–H groups in total. The van der Waals surface area contributed by atoms with Crippen molar-refractivity contribution in [3.05, 3.63) is 12.2 Å². The molecule has 4 nitrogen and oxygen atoms in total. The fourth-order valence-electron chi connectivity index (χ4n) is 5.12. The van der Waals surface area contributed by atoms with Crippen LogP contribution >= 0.6 is 0 Å². The number of hydrogen-bond donors (Lipinski definition) is 3. The van der Waals surface area contributed by atoms with Gasteiger partial charge in [0, 0.05) is 6.42 Å². The lowest BCUT2D eigenvalue weighted by molar-refractivity contribution is -0.123. The van der Waals surface area contributed by atoms with E-state index in [0.29, 0.717) is 6.42 Å². The van der Waals surface area contributed by atoms with Crippen molar-refractivity contribution in [2.45, 2.75) is 193 Å². The molecule has 2 atom stereocenters. The van der Waals surface area contributed by atoms with Crippen molar-refractivity contribution >= 4 is 5.91 Å². The zero-order valence-corrected chi connectivity index (χ0v) is 25.7. The van der Waals surface area contributed by atoms with Crippen LogP contribution in [0.25, 0.3) is 0 Å². The van der Waals surface area contributed by atoms with Crippen molar-refractivity contribution in [2.24, 2.45) is 0 Å². The lowest BCUT2D eigenvalue weighted by Gasteiger charge is -2.20. The van der Waals surface area contributed by atoms with Crippen molar-refractivity contribution < 1.29 is 15.0 Å². The van der Waals surface area contributed by atoms with E-state index in [4.69, 9.17) is 0 Å². The number of unbranched alkanes of at least 4 members (excludes halogenated alkanes) is 23. The summed E-state index contributed by atoms with van der Waals surface area (Å²) < 4.78 is 0. The quantitative estimate of drug-likeness (QED) is 0.0631. The summed E-state index contributed by atoms with van der Waals surface area (Å²) in [4.78, 5) is 12.2. The van der Waals surface area contributed by atoms with Crippen molar-refractivity contribution in [2.75, 3.05) is 6.61 Å². The maximum atomic E-state index is 12.2. The molecule has 0 aliphatic carbocycles. The normalized spacial score (nSPS) is 13.3. The SMILES string of the molecule is CCCCCCC/C=C/C(O)C(CO)NC(=O)CCCCCCCCCCCCCCCCCCCCC. The van der Waals surface area contributed by atoms with E-state index >= 15 is 0 Å². The lowest BCUT2D eigenvalue weighted by atomic mass is 10.0. The third-order valence-electron chi connectivity index (χ3n) is 7.77. The highest BCUT2D eigenvalue weighted by Crippen LogP contribution is 2.15. The Morgan fingerprint density at radius 3 is 1.37 bits per heavy atom. The zero-order chi connectivity index (χ0) is 27.9. The second-order valence-corrected chi connectivity index (χ2v) is 11.6. The molecule has 1 amide bonds. The molecule has 0 rings (SSSR count). The average Bonchev–Trinajstić information content (AvgIpc) is 2.92. The molecule has 0 saturated carbocycles. The lowest BCUT2D eigenvalue weighted by Crippen LogP contribution is -2.45. The van der Waals surface area contributed by atoms with Crippen LogP contribution in [-0.2, 0) is 4.79 Å². The average molecular weight is 538 g/mol. The van der Waals surface area contributed by atoms with Crippen LogP contribution in [0, 0.1) is 0 Å². The summed E-state index contributed by atoms with van der Waals surface area (Å²) in [5, 5.41) is 22.6. The minimum atomic E-state index is -0.829. The van der Waals surface area contributed by atoms with E-state index in [2.05, 4.69) is 19.2 Å². The van der Waals surface area contributed by atoms with E-state index in [-0.39, 0.29) is 12.5 Å². The van der Waals surface area contributed by atoms with Gasteiger partial charge in [-0.3, -0.25) is 4.79 Å². The first-order chi connectivity index (χ1) is 18.7. The van der Waals surface area contributed by atoms with E-state index in [1.54, 1.807) is 6.08 Å². The van der Waals surface area contributed by atoms with Gasteiger partial charge in [-0.15, -0.1) is 0 Å². The molecule has 0 heterocycles. The van der Waals surface area contributed by atoms with Crippen molar-refractivity contribution in [3.8, 4) is 0 Å². The number of allylic oxidation sites excluding steroid dienone is 1. The second kappa shape index (κ2) is 30.7. The summed E-state index contributed by atoms with van der Waals surface area (Å²) in [6.07, 6.45) is 35.9. The molecule has 38 heavy (non-hydrogen) atoms. The number of carbonyl (C=O) groups excluding carboxylic acids is 1. The zero-order valence-electron chi connectivity index (χ0n) is 25.7. The standard InChI is InChI=1S/C34H67NO3/c1-3-5-7-9-11-12-13-14-15-16-17-18-19-20-21-22-24-26-28-30-34(38)35-32(31-36)33(37)29-27-25-23-10-8-6-4-2/h27,29,32-33,36-37H,3-26,28,30-31H2,1-2H3,(H,35,38)/b29-27+. The third-order valence-corrected chi connectivity index (χ3v) is 7.77. The highest BCUT2D eigenvalue weighted by Gasteiger charge is 2.17. The van der Waals surface area contributed by atoms with E-state index in [9.17, 15) is 15.0 Å². The Labute approximate surface area is 237 Å². The number of aliphatic hydroxyl groups is 2. The van der Waals surface area contributed by atoms with Gasteiger partial charge in [0.1, 0.15) is 0 Å². The van der Waals surface area contributed by atoms with Crippen LogP contribution in [0.1, 0.15) is 181 Å². The molecule has 0 bridgehead atoms. The van der Waals surface area contributed by atoms with Crippen molar-refractivity contribution in [3.63, 3.8) is 0 Å². The van der Waals surface area contributed by atoms with Gasteiger partial charge >= 0.3 is 0 Å². The number of hydrogen-bond acceptors (Lipinski definition) is 3. The molecule has 0 saturated heterocycles. The predicted octanol–water partition coefficient (Wildman–Crippen LogP) is 9.56. The van der Waals surface area contributed by atoms with Gasteiger partial charge in [-0.25, -0.2) is 0 Å². The first-order valence-corrected chi connectivity index (χ1v) is 16.9. The van der Waals surface area contributed by atoms with Gasteiger partial charge in [-0.2, -0.15) is 0 Å². The summed E-state index contributed by atoms with van der Waals surface area (Å²) in [5.41, 5.74) is 0. The van der Waals surface area contributed by atoms with Crippen LogP contribution in [0.4, 0.5) is 0 Å². The van der Waals surface area contributed by atoms with Crippen LogP contribution in [0.2, 0.25) is 0 Å². The fourth-order valence-corrected chi connectivity index (χ4v) is 5.12. The largest absolute Gasteiger partial charge is 0.394 e. The molecule has 0 aromatic heterocycles. The minimum absolute atomic E-state index is 0.0666. The molecule has 0 fully saturated rings. The Morgan fingerprint density at radius 1 is 0.605 bits per heavy atom. The van der Waals surface area contributed by atoms with Crippen molar-refractivity contribution in [1.82, 2.24) is 5.32 Å². The van der Waals surface area contributed by atoms with Crippen LogP contribution < -0.4 is 5.32 Å². The Balaban J connectivity index is 3.50.